The maximum atomic E-state index is 11.8. The van der Waals surface area contributed by atoms with Crippen LogP contribution in [0.5, 0.6) is 0 Å². The minimum Gasteiger partial charge on any atom is -0.481 e. The Labute approximate surface area is 181 Å². The van der Waals surface area contributed by atoms with Crippen molar-refractivity contribution in [2.24, 2.45) is 10.2 Å². The number of carbonyl (C=O) groups excluding carboxylic acids is 1. The number of nitrogens with zero attached hydrogens (tertiary/aromatic N) is 3. The minimum absolute atomic E-state index is 0.100. The first kappa shape index (κ1) is 20.9. The Hall–Kier alpha value is -2.35. The highest BCUT2D eigenvalue weighted by atomic mass is 32.2. The maximum Gasteiger partial charge on any atom is 0.305 e. The molecule has 1 aromatic carbocycles. The molecule has 30 heavy (non-hydrogen) atoms. The van der Waals surface area contributed by atoms with Crippen LogP contribution in [0.1, 0.15) is 63.6 Å². The Kier molecular flexibility index (Phi) is 5.16. The third-order valence-electron chi connectivity index (χ3n) is 6.41. The number of aliphatic carboxylic acids is 1. The number of hydrogen-bond donors (Lipinski definition) is 2. The smallest absolute Gasteiger partial charge is 0.305 e. The van der Waals surface area contributed by atoms with Gasteiger partial charge in [-0.25, -0.2) is 0 Å². The van der Waals surface area contributed by atoms with Crippen molar-refractivity contribution in [2.75, 3.05) is 18.0 Å². The first-order valence-corrected chi connectivity index (χ1v) is 11.2. The van der Waals surface area contributed by atoms with Crippen molar-refractivity contribution in [3.63, 3.8) is 0 Å². The molecule has 1 unspecified atom stereocenters. The van der Waals surface area contributed by atoms with Gasteiger partial charge in [-0.3, -0.25) is 9.59 Å². The Balaban J connectivity index is 1.63. The molecule has 0 aliphatic carbocycles. The molecule has 0 radical (unpaired) electrons. The van der Waals surface area contributed by atoms with E-state index in [1.165, 1.54) is 16.8 Å². The fourth-order valence-corrected chi connectivity index (χ4v) is 5.35. The highest BCUT2D eigenvalue weighted by molar-refractivity contribution is 8.15. The molecule has 8 heteroatoms. The molecule has 1 saturated heterocycles. The summed E-state index contributed by atoms with van der Waals surface area (Å²) in [6, 6.07) is 4.42. The lowest BCUT2D eigenvalue weighted by Crippen LogP contribution is -2.44. The van der Waals surface area contributed by atoms with E-state index >= 15 is 0 Å². The zero-order valence-electron chi connectivity index (χ0n) is 17.9. The van der Waals surface area contributed by atoms with Crippen molar-refractivity contribution in [3.05, 3.63) is 28.8 Å². The summed E-state index contributed by atoms with van der Waals surface area (Å²) in [6.07, 6.45) is 3.74. The number of thioether (sulfide) groups is 1. The SMILES string of the molecule is CC1(C)CCN2CCC(C)(C)c3cc(C=NN=C4NC(=O)C(CC(=O)O)S4)cc1c32. The number of carboxylic acid groups (broad SMARTS) is 1. The van der Waals surface area contributed by atoms with E-state index in [1.807, 2.05) is 0 Å². The molecule has 0 saturated carbocycles. The van der Waals surface area contributed by atoms with E-state index in [0.717, 1.165) is 43.3 Å². The molecule has 0 bridgehead atoms. The van der Waals surface area contributed by atoms with E-state index in [9.17, 15) is 9.59 Å². The van der Waals surface area contributed by atoms with Gasteiger partial charge in [-0.15, -0.1) is 5.10 Å². The van der Waals surface area contributed by atoms with E-state index in [0.29, 0.717) is 5.17 Å². The fraction of sp³-hybridized carbons (Fsp3) is 0.545. The topological polar surface area (TPSA) is 94.4 Å². The van der Waals surface area contributed by atoms with Crippen LogP contribution in [0.4, 0.5) is 5.69 Å². The van der Waals surface area contributed by atoms with Crippen molar-refractivity contribution >= 4 is 40.7 Å². The zero-order valence-corrected chi connectivity index (χ0v) is 18.7. The van der Waals surface area contributed by atoms with Gasteiger partial charge in [0.25, 0.3) is 0 Å². The molecule has 1 amide bonds. The lowest BCUT2D eigenvalue weighted by molar-refractivity contribution is -0.138. The van der Waals surface area contributed by atoms with Gasteiger partial charge >= 0.3 is 5.97 Å². The molecule has 4 rings (SSSR count). The van der Waals surface area contributed by atoms with E-state index in [1.54, 1.807) is 6.21 Å². The fourth-order valence-electron chi connectivity index (χ4n) is 4.43. The summed E-state index contributed by atoms with van der Waals surface area (Å²) >= 11 is 1.11. The predicted octanol–water partition coefficient (Wildman–Crippen LogP) is 3.25. The second-order valence-corrected chi connectivity index (χ2v) is 10.8. The summed E-state index contributed by atoms with van der Waals surface area (Å²) in [6.45, 7) is 11.4. The van der Waals surface area contributed by atoms with Crippen LogP contribution in [0.3, 0.4) is 0 Å². The normalized spacial score (nSPS) is 25.5. The predicted molar refractivity (Wildman–Crippen MR) is 121 cm³/mol. The van der Waals surface area contributed by atoms with Crippen molar-refractivity contribution in [2.45, 2.75) is 63.0 Å². The van der Waals surface area contributed by atoms with Gasteiger partial charge in [0.2, 0.25) is 5.91 Å². The van der Waals surface area contributed by atoms with Crippen LogP contribution in [0.15, 0.2) is 22.3 Å². The molecule has 3 aliphatic rings. The summed E-state index contributed by atoms with van der Waals surface area (Å²) in [5.41, 5.74) is 5.30. The molecule has 2 N–H and O–H groups in total. The molecule has 0 spiro atoms. The molecule has 0 aromatic heterocycles. The monoisotopic (exact) mass is 428 g/mol. The Morgan fingerprint density at radius 3 is 2.40 bits per heavy atom. The molecular weight excluding hydrogens is 400 g/mol. The van der Waals surface area contributed by atoms with Gasteiger partial charge in [0.15, 0.2) is 5.17 Å². The number of carboxylic acids is 1. The quantitative estimate of drug-likeness (QED) is 0.567. The lowest BCUT2D eigenvalue weighted by atomic mass is 9.69. The zero-order chi connectivity index (χ0) is 21.7. The number of anilines is 1. The van der Waals surface area contributed by atoms with Gasteiger partial charge in [-0.2, -0.15) is 5.10 Å². The standard InChI is InChI=1S/C22H28N4O3S/c1-21(2)5-7-26-8-6-22(3,4)15-10-13(9-14(21)18(15)26)12-23-25-20-24-19(29)16(30-20)11-17(27)28/h9-10,12,16H,5-8,11H2,1-4H3,(H,27,28)(H,24,25,29). The van der Waals surface area contributed by atoms with Crippen molar-refractivity contribution in [1.29, 1.82) is 0 Å². The van der Waals surface area contributed by atoms with Gasteiger partial charge in [0.1, 0.15) is 5.25 Å². The third-order valence-corrected chi connectivity index (χ3v) is 7.48. The van der Waals surface area contributed by atoms with Gasteiger partial charge in [0, 0.05) is 18.8 Å². The summed E-state index contributed by atoms with van der Waals surface area (Å²) < 4.78 is 0. The van der Waals surface area contributed by atoms with Crippen molar-refractivity contribution in [3.8, 4) is 0 Å². The molecule has 1 aromatic rings. The van der Waals surface area contributed by atoms with Crippen LogP contribution < -0.4 is 10.2 Å². The van der Waals surface area contributed by atoms with Crippen LogP contribution in [0.2, 0.25) is 0 Å². The molecule has 3 heterocycles. The molecule has 1 fully saturated rings. The number of rotatable bonds is 4. The Bertz CT molecular complexity index is 926. The maximum absolute atomic E-state index is 11.8. The summed E-state index contributed by atoms with van der Waals surface area (Å²) in [5.74, 6) is -1.34. The van der Waals surface area contributed by atoms with Crippen LogP contribution in [-0.2, 0) is 20.4 Å². The number of amides is 1. The first-order valence-electron chi connectivity index (χ1n) is 10.3. The van der Waals surface area contributed by atoms with Crippen molar-refractivity contribution in [1.82, 2.24) is 5.32 Å². The van der Waals surface area contributed by atoms with Gasteiger partial charge < -0.3 is 15.3 Å². The molecule has 1 atom stereocenters. The van der Waals surface area contributed by atoms with E-state index < -0.39 is 11.2 Å². The highest BCUT2D eigenvalue weighted by Gasteiger charge is 2.40. The van der Waals surface area contributed by atoms with Crippen LogP contribution in [0.25, 0.3) is 0 Å². The number of amidine groups is 1. The van der Waals surface area contributed by atoms with E-state index in [-0.39, 0.29) is 23.2 Å². The second-order valence-electron chi connectivity index (χ2n) is 9.56. The average Bonchev–Trinajstić information content (AvgIpc) is 2.99. The van der Waals surface area contributed by atoms with E-state index in [4.69, 9.17) is 5.11 Å². The van der Waals surface area contributed by atoms with Gasteiger partial charge in [-0.1, -0.05) is 39.5 Å². The highest BCUT2D eigenvalue weighted by Crippen LogP contribution is 2.49. The minimum atomic E-state index is -1.00. The van der Waals surface area contributed by atoms with Crippen LogP contribution in [0, 0.1) is 0 Å². The van der Waals surface area contributed by atoms with Gasteiger partial charge in [-0.05, 0) is 52.5 Å². The lowest BCUT2D eigenvalue weighted by Gasteiger charge is -2.48. The summed E-state index contributed by atoms with van der Waals surface area (Å²) in [7, 11) is 0. The van der Waals surface area contributed by atoms with Crippen LogP contribution in [-0.4, -0.2) is 46.7 Å². The second kappa shape index (κ2) is 7.41. The number of benzene rings is 1. The molecule has 3 aliphatic heterocycles. The molecule has 160 valence electrons. The average molecular weight is 429 g/mol. The largest absolute Gasteiger partial charge is 0.481 e. The first-order chi connectivity index (χ1) is 14.1. The molecular formula is C22H28N4O3S. The number of hydrogen-bond acceptors (Lipinski definition) is 6. The Morgan fingerprint density at radius 1 is 1.23 bits per heavy atom. The van der Waals surface area contributed by atoms with Crippen molar-refractivity contribution < 1.29 is 14.7 Å². The number of carbonyl (C=O) groups is 2. The third kappa shape index (κ3) is 3.85. The van der Waals surface area contributed by atoms with E-state index in [2.05, 4.69) is 60.2 Å². The summed E-state index contributed by atoms with van der Waals surface area (Å²) in [5, 5.41) is 19.5. The summed E-state index contributed by atoms with van der Waals surface area (Å²) in [4.78, 5) is 25.2. The number of nitrogens with one attached hydrogen (secondary N) is 1. The molecule has 7 nitrogen and oxygen atoms in total. The Morgan fingerprint density at radius 2 is 1.83 bits per heavy atom. The van der Waals surface area contributed by atoms with Gasteiger partial charge in [0.05, 0.1) is 12.6 Å². The van der Waals surface area contributed by atoms with Crippen LogP contribution >= 0.6 is 11.8 Å².